The highest BCUT2D eigenvalue weighted by Gasteiger charge is 2.14. The Morgan fingerprint density at radius 1 is 1.47 bits per heavy atom. The molecule has 0 aromatic heterocycles. The molecule has 1 aromatic carbocycles. The average molecular weight is 319 g/mol. The highest BCUT2D eigenvalue weighted by molar-refractivity contribution is 9.10. The first kappa shape index (κ1) is 13.3. The van der Waals surface area contributed by atoms with Gasteiger partial charge in [-0.15, -0.1) is 0 Å². The van der Waals surface area contributed by atoms with Crippen LogP contribution in [0.1, 0.15) is 24.8 Å². The van der Waals surface area contributed by atoms with E-state index in [0.29, 0.717) is 6.10 Å². The normalized spacial score (nSPS) is 19.8. The largest absolute Gasteiger partial charge is 0.378 e. The van der Waals surface area contributed by atoms with Crippen molar-refractivity contribution in [2.24, 2.45) is 0 Å². The first-order valence-electron chi connectivity index (χ1n) is 6.02. The van der Waals surface area contributed by atoms with E-state index in [4.69, 9.17) is 16.3 Å². The molecule has 0 spiro atoms. The second-order valence-electron chi connectivity index (χ2n) is 4.35. The second-order valence-corrected chi connectivity index (χ2v) is 5.61. The van der Waals surface area contributed by atoms with Crippen LogP contribution in [0.4, 0.5) is 0 Å². The van der Waals surface area contributed by atoms with Gasteiger partial charge in [-0.05, 0) is 59.4 Å². The first-order chi connectivity index (χ1) is 8.25. The average Bonchev–Trinajstić information content (AvgIpc) is 2.82. The zero-order valence-corrected chi connectivity index (χ0v) is 12.1. The van der Waals surface area contributed by atoms with E-state index in [2.05, 4.69) is 27.3 Å². The number of hydrogen-bond acceptors (Lipinski definition) is 2. The van der Waals surface area contributed by atoms with Crippen LogP contribution >= 0.6 is 27.5 Å². The van der Waals surface area contributed by atoms with Crippen molar-refractivity contribution in [1.29, 1.82) is 0 Å². The van der Waals surface area contributed by atoms with Crippen molar-refractivity contribution < 1.29 is 4.74 Å². The third-order valence-electron chi connectivity index (χ3n) is 2.98. The summed E-state index contributed by atoms with van der Waals surface area (Å²) in [5, 5.41) is 4.19. The molecule has 1 heterocycles. The topological polar surface area (TPSA) is 21.3 Å². The Balaban J connectivity index is 1.68. The fraction of sp³-hybridized carbons (Fsp3) is 0.538. The van der Waals surface area contributed by atoms with Crippen LogP contribution in [-0.4, -0.2) is 19.3 Å². The minimum atomic E-state index is 0.472. The van der Waals surface area contributed by atoms with Gasteiger partial charge in [-0.1, -0.05) is 17.7 Å². The third kappa shape index (κ3) is 4.25. The lowest BCUT2D eigenvalue weighted by Gasteiger charge is -2.10. The Morgan fingerprint density at radius 2 is 2.35 bits per heavy atom. The zero-order chi connectivity index (χ0) is 12.1. The van der Waals surface area contributed by atoms with Gasteiger partial charge in [0.25, 0.3) is 0 Å². The molecule has 0 radical (unpaired) electrons. The summed E-state index contributed by atoms with van der Waals surface area (Å²) in [5.41, 5.74) is 1.24. The molecule has 94 valence electrons. The van der Waals surface area contributed by atoms with Crippen molar-refractivity contribution in [2.45, 2.75) is 31.9 Å². The van der Waals surface area contributed by atoms with Crippen LogP contribution in [0.25, 0.3) is 0 Å². The van der Waals surface area contributed by atoms with E-state index in [-0.39, 0.29) is 0 Å². The van der Waals surface area contributed by atoms with E-state index in [1.165, 1.54) is 18.4 Å². The molecule has 1 unspecified atom stereocenters. The molecule has 1 saturated heterocycles. The van der Waals surface area contributed by atoms with Crippen LogP contribution in [-0.2, 0) is 11.3 Å². The number of halogens is 2. The first-order valence-corrected chi connectivity index (χ1v) is 7.19. The van der Waals surface area contributed by atoms with Gasteiger partial charge in [-0.2, -0.15) is 0 Å². The fourth-order valence-corrected chi connectivity index (χ4v) is 2.56. The predicted octanol–water partition coefficient (Wildman–Crippen LogP) is 3.76. The van der Waals surface area contributed by atoms with Crippen LogP contribution in [0.2, 0.25) is 5.02 Å². The van der Waals surface area contributed by atoms with Gasteiger partial charge in [-0.3, -0.25) is 0 Å². The monoisotopic (exact) mass is 317 g/mol. The molecule has 0 saturated carbocycles. The molecule has 17 heavy (non-hydrogen) atoms. The minimum absolute atomic E-state index is 0.472. The summed E-state index contributed by atoms with van der Waals surface area (Å²) in [4.78, 5) is 0. The lowest BCUT2D eigenvalue weighted by atomic mass is 10.2. The van der Waals surface area contributed by atoms with Gasteiger partial charge >= 0.3 is 0 Å². The SMILES string of the molecule is Clc1ccc(CNCCC2CCCO2)cc1Br. The Labute approximate surface area is 116 Å². The summed E-state index contributed by atoms with van der Waals surface area (Å²) < 4.78 is 6.53. The van der Waals surface area contributed by atoms with E-state index < -0.39 is 0 Å². The van der Waals surface area contributed by atoms with E-state index in [0.717, 1.165) is 35.6 Å². The molecule has 1 aromatic rings. The lowest BCUT2D eigenvalue weighted by molar-refractivity contribution is 0.104. The van der Waals surface area contributed by atoms with Gasteiger partial charge in [0.2, 0.25) is 0 Å². The smallest absolute Gasteiger partial charge is 0.0588 e. The van der Waals surface area contributed by atoms with E-state index in [1.54, 1.807) is 0 Å². The van der Waals surface area contributed by atoms with Crippen molar-refractivity contribution in [3.63, 3.8) is 0 Å². The summed E-state index contributed by atoms with van der Waals surface area (Å²) in [6.07, 6.45) is 4.01. The van der Waals surface area contributed by atoms with Crippen molar-refractivity contribution >= 4 is 27.5 Å². The summed E-state index contributed by atoms with van der Waals surface area (Å²) in [5.74, 6) is 0. The number of nitrogens with one attached hydrogen (secondary N) is 1. The lowest BCUT2D eigenvalue weighted by Crippen LogP contribution is -2.19. The fourth-order valence-electron chi connectivity index (χ4n) is 2.02. The molecule has 1 N–H and O–H groups in total. The highest BCUT2D eigenvalue weighted by Crippen LogP contribution is 2.23. The summed E-state index contributed by atoms with van der Waals surface area (Å²) in [6, 6.07) is 6.02. The van der Waals surface area contributed by atoms with Crippen LogP contribution < -0.4 is 5.32 Å². The van der Waals surface area contributed by atoms with Gasteiger partial charge in [0, 0.05) is 17.6 Å². The van der Waals surface area contributed by atoms with Crippen molar-refractivity contribution in [3.05, 3.63) is 33.3 Å². The van der Waals surface area contributed by atoms with Crippen molar-refractivity contribution in [1.82, 2.24) is 5.32 Å². The number of rotatable bonds is 5. The highest BCUT2D eigenvalue weighted by atomic mass is 79.9. The van der Waals surface area contributed by atoms with E-state index >= 15 is 0 Å². The molecule has 2 rings (SSSR count). The van der Waals surface area contributed by atoms with Gasteiger partial charge in [-0.25, -0.2) is 0 Å². The minimum Gasteiger partial charge on any atom is -0.378 e. The maximum atomic E-state index is 5.94. The van der Waals surface area contributed by atoms with E-state index in [9.17, 15) is 0 Å². The summed E-state index contributed by atoms with van der Waals surface area (Å²) in [6.45, 7) is 2.82. The maximum Gasteiger partial charge on any atom is 0.0588 e. The Bertz CT molecular complexity index is 366. The van der Waals surface area contributed by atoms with Gasteiger partial charge in [0.1, 0.15) is 0 Å². The molecular formula is C13H17BrClNO. The molecular weight excluding hydrogens is 302 g/mol. The van der Waals surface area contributed by atoms with E-state index in [1.807, 2.05) is 12.1 Å². The second kappa shape index (κ2) is 6.74. The number of benzene rings is 1. The Morgan fingerprint density at radius 3 is 3.06 bits per heavy atom. The maximum absolute atomic E-state index is 5.94. The molecule has 0 bridgehead atoms. The van der Waals surface area contributed by atoms with Crippen LogP contribution in [0.5, 0.6) is 0 Å². The quantitative estimate of drug-likeness (QED) is 0.835. The molecule has 4 heteroatoms. The molecule has 0 amide bonds. The Hall–Kier alpha value is -0.0900. The van der Waals surface area contributed by atoms with Crippen molar-refractivity contribution in [2.75, 3.05) is 13.2 Å². The Kier molecular flexibility index (Phi) is 5.29. The van der Waals surface area contributed by atoms with Crippen LogP contribution in [0.15, 0.2) is 22.7 Å². The number of ether oxygens (including phenoxy) is 1. The standard InChI is InChI=1S/C13H17BrClNO/c14-12-8-10(3-4-13(12)15)9-16-6-5-11-2-1-7-17-11/h3-4,8,11,16H,1-2,5-7,9H2. The number of hydrogen-bond donors (Lipinski definition) is 1. The van der Waals surface area contributed by atoms with Gasteiger partial charge in [0.15, 0.2) is 0 Å². The van der Waals surface area contributed by atoms with Gasteiger partial charge in [0.05, 0.1) is 11.1 Å². The molecule has 2 nitrogen and oxygen atoms in total. The molecule has 0 aliphatic carbocycles. The van der Waals surface area contributed by atoms with Gasteiger partial charge < -0.3 is 10.1 Å². The van der Waals surface area contributed by atoms with Crippen LogP contribution in [0, 0.1) is 0 Å². The zero-order valence-electron chi connectivity index (χ0n) is 9.72. The molecule has 1 aliphatic heterocycles. The molecule has 1 aliphatic rings. The molecule has 1 fully saturated rings. The van der Waals surface area contributed by atoms with Crippen LogP contribution in [0.3, 0.4) is 0 Å². The molecule has 1 atom stereocenters. The predicted molar refractivity (Wildman–Crippen MR) is 74.4 cm³/mol. The van der Waals surface area contributed by atoms with Crippen molar-refractivity contribution in [3.8, 4) is 0 Å². The summed E-state index contributed by atoms with van der Waals surface area (Å²) >= 11 is 9.37. The third-order valence-corrected chi connectivity index (χ3v) is 4.19. The summed E-state index contributed by atoms with van der Waals surface area (Å²) in [7, 11) is 0.